The van der Waals surface area contributed by atoms with Crippen LogP contribution in [0.15, 0.2) is 17.5 Å². The van der Waals surface area contributed by atoms with Crippen LogP contribution >= 0.6 is 11.3 Å². The van der Waals surface area contributed by atoms with Gasteiger partial charge < -0.3 is 5.32 Å². The van der Waals surface area contributed by atoms with Crippen LogP contribution in [0.4, 0.5) is 5.69 Å². The molecular formula is C17H21N7OS. The van der Waals surface area contributed by atoms with Gasteiger partial charge in [-0.15, -0.1) is 21.5 Å². The molecule has 3 aromatic rings. The van der Waals surface area contributed by atoms with Crippen LogP contribution in [0, 0.1) is 20.8 Å². The molecular weight excluding hydrogens is 350 g/mol. The molecule has 9 heteroatoms. The second kappa shape index (κ2) is 7.71. The Hall–Kier alpha value is -2.65. The minimum Gasteiger partial charge on any atom is -0.324 e. The third-order valence-electron chi connectivity index (χ3n) is 3.89. The molecule has 2 heterocycles. The van der Waals surface area contributed by atoms with Crippen LogP contribution in [-0.2, 0) is 11.3 Å². The number of thiazole rings is 1. The van der Waals surface area contributed by atoms with Crippen LogP contribution in [0.5, 0.6) is 0 Å². The molecule has 0 spiro atoms. The molecule has 136 valence electrons. The van der Waals surface area contributed by atoms with Gasteiger partial charge in [-0.3, -0.25) is 9.69 Å². The Morgan fingerprint density at radius 2 is 2.00 bits per heavy atom. The van der Waals surface area contributed by atoms with E-state index in [4.69, 9.17) is 0 Å². The van der Waals surface area contributed by atoms with Crippen LogP contribution in [0.1, 0.15) is 21.7 Å². The molecule has 8 nitrogen and oxygen atoms in total. The minimum atomic E-state index is -0.0440. The van der Waals surface area contributed by atoms with Gasteiger partial charge in [0.25, 0.3) is 0 Å². The Kier molecular flexibility index (Phi) is 5.38. The summed E-state index contributed by atoms with van der Waals surface area (Å²) >= 11 is 1.51. The maximum Gasteiger partial charge on any atom is 0.238 e. The van der Waals surface area contributed by atoms with Crippen LogP contribution in [-0.4, -0.2) is 50.0 Å². The van der Waals surface area contributed by atoms with Gasteiger partial charge in [-0.05, 0) is 44.2 Å². The fraction of sp³-hybridized carbons (Fsp3) is 0.353. The number of carbonyl (C=O) groups excluding carboxylic acids is 1. The van der Waals surface area contributed by atoms with Crippen molar-refractivity contribution in [1.29, 1.82) is 0 Å². The Labute approximate surface area is 155 Å². The molecule has 0 bridgehead atoms. The molecule has 0 fully saturated rings. The summed E-state index contributed by atoms with van der Waals surface area (Å²) < 4.78 is 0. The van der Waals surface area contributed by atoms with Crippen molar-refractivity contribution in [3.63, 3.8) is 0 Å². The van der Waals surface area contributed by atoms with E-state index in [0.717, 1.165) is 21.8 Å². The fourth-order valence-corrected chi connectivity index (χ4v) is 3.70. The van der Waals surface area contributed by atoms with Crippen LogP contribution < -0.4 is 5.32 Å². The standard InChI is InChI=1S/C17H21N7OS/c1-10-5-11(2)16(12(3)6-10)19-14(25)7-24(4)8-15-18-13(9-26-15)17-20-22-23-21-17/h5-6,9H,7-8H2,1-4H3,(H,19,25)(H,20,21,22,23). The second-order valence-corrected chi connectivity index (χ2v) is 7.30. The lowest BCUT2D eigenvalue weighted by molar-refractivity contribution is -0.117. The monoisotopic (exact) mass is 371 g/mol. The molecule has 1 amide bonds. The van der Waals surface area contributed by atoms with Gasteiger partial charge in [-0.1, -0.05) is 17.7 Å². The average molecular weight is 371 g/mol. The molecule has 0 aliphatic heterocycles. The Bertz CT molecular complexity index is 881. The largest absolute Gasteiger partial charge is 0.324 e. The molecule has 1 aromatic carbocycles. The summed E-state index contributed by atoms with van der Waals surface area (Å²) in [5.74, 6) is 0.427. The fourth-order valence-electron chi connectivity index (χ4n) is 2.84. The topological polar surface area (TPSA) is 99.7 Å². The van der Waals surface area contributed by atoms with Crippen molar-refractivity contribution >= 4 is 22.9 Å². The zero-order valence-corrected chi connectivity index (χ0v) is 16.0. The van der Waals surface area contributed by atoms with E-state index in [1.165, 1.54) is 16.9 Å². The van der Waals surface area contributed by atoms with Gasteiger partial charge in [0.1, 0.15) is 10.7 Å². The first kappa shape index (κ1) is 18.2. The van der Waals surface area contributed by atoms with Gasteiger partial charge in [0.2, 0.25) is 11.7 Å². The molecule has 3 rings (SSSR count). The number of carbonyl (C=O) groups is 1. The first-order valence-electron chi connectivity index (χ1n) is 8.17. The number of aryl methyl sites for hydroxylation is 3. The summed E-state index contributed by atoms with van der Waals surface area (Å²) in [5.41, 5.74) is 4.91. The van der Waals surface area contributed by atoms with Gasteiger partial charge >= 0.3 is 0 Å². The first-order chi connectivity index (χ1) is 12.4. The van der Waals surface area contributed by atoms with Gasteiger partial charge in [0.15, 0.2) is 0 Å². The maximum absolute atomic E-state index is 12.4. The third kappa shape index (κ3) is 4.30. The number of amides is 1. The highest BCUT2D eigenvalue weighted by atomic mass is 32.1. The second-order valence-electron chi connectivity index (χ2n) is 6.36. The van der Waals surface area contributed by atoms with Crippen molar-refractivity contribution < 1.29 is 4.79 Å². The Balaban J connectivity index is 1.58. The predicted molar refractivity (Wildman–Crippen MR) is 101 cm³/mol. The van der Waals surface area contributed by atoms with Crippen molar-refractivity contribution in [1.82, 2.24) is 30.5 Å². The number of aromatic nitrogens is 5. The summed E-state index contributed by atoms with van der Waals surface area (Å²) in [7, 11) is 1.89. The van der Waals surface area contributed by atoms with Gasteiger partial charge in [-0.2, -0.15) is 5.21 Å². The molecule has 26 heavy (non-hydrogen) atoms. The van der Waals surface area contributed by atoms with Gasteiger partial charge in [0.05, 0.1) is 13.1 Å². The molecule has 0 aliphatic rings. The molecule has 0 aliphatic carbocycles. The van der Waals surface area contributed by atoms with Gasteiger partial charge in [0, 0.05) is 11.1 Å². The normalized spacial score (nSPS) is 11.1. The number of aromatic amines is 1. The van der Waals surface area contributed by atoms with Crippen LogP contribution in [0.2, 0.25) is 0 Å². The molecule has 0 unspecified atom stereocenters. The number of nitrogens with one attached hydrogen (secondary N) is 2. The number of hydrogen-bond acceptors (Lipinski definition) is 7. The van der Waals surface area contributed by atoms with Crippen molar-refractivity contribution in [2.75, 3.05) is 18.9 Å². The van der Waals surface area contributed by atoms with E-state index in [9.17, 15) is 4.79 Å². The van der Waals surface area contributed by atoms with Crippen molar-refractivity contribution in [3.8, 4) is 11.5 Å². The number of nitrogens with zero attached hydrogens (tertiary/aromatic N) is 5. The highest BCUT2D eigenvalue weighted by Crippen LogP contribution is 2.22. The van der Waals surface area contributed by atoms with E-state index in [1.807, 2.05) is 31.2 Å². The number of H-pyrrole nitrogens is 1. The number of rotatable bonds is 6. The Morgan fingerprint density at radius 1 is 1.27 bits per heavy atom. The first-order valence-corrected chi connectivity index (χ1v) is 9.05. The lowest BCUT2D eigenvalue weighted by Crippen LogP contribution is -2.30. The molecule has 2 N–H and O–H groups in total. The number of tetrazole rings is 1. The summed E-state index contributed by atoms with van der Waals surface area (Å²) in [5, 5.41) is 19.6. The number of likely N-dealkylation sites (N-methyl/N-ethyl adjacent to an activating group) is 1. The van der Waals surface area contributed by atoms with E-state index in [-0.39, 0.29) is 12.5 Å². The smallest absolute Gasteiger partial charge is 0.238 e. The predicted octanol–water partition coefficient (Wildman–Crippen LogP) is 2.32. The highest BCUT2D eigenvalue weighted by Gasteiger charge is 2.14. The zero-order valence-electron chi connectivity index (χ0n) is 15.2. The lowest BCUT2D eigenvalue weighted by Gasteiger charge is -2.17. The van der Waals surface area contributed by atoms with Crippen molar-refractivity contribution in [2.45, 2.75) is 27.3 Å². The van der Waals surface area contributed by atoms with E-state index in [1.54, 1.807) is 0 Å². The van der Waals surface area contributed by atoms with E-state index < -0.39 is 0 Å². The zero-order chi connectivity index (χ0) is 18.7. The van der Waals surface area contributed by atoms with Crippen LogP contribution in [0.25, 0.3) is 11.5 Å². The van der Waals surface area contributed by atoms with E-state index in [2.05, 4.69) is 50.0 Å². The van der Waals surface area contributed by atoms with E-state index in [0.29, 0.717) is 18.1 Å². The molecule has 0 saturated heterocycles. The SMILES string of the molecule is Cc1cc(C)c(NC(=O)CN(C)Cc2nc(-c3nn[nH]n3)cs2)c(C)c1. The van der Waals surface area contributed by atoms with Crippen LogP contribution in [0.3, 0.4) is 0 Å². The van der Waals surface area contributed by atoms with E-state index >= 15 is 0 Å². The lowest BCUT2D eigenvalue weighted by atomic mass is 10.1. The number of hydrogen-bond donors (Lipinski definition) is 2. The van der Waals surface area contributed by atoms with Gasteiger partial charge in [-0.25, -0.2) is 4.98 Å². The summed E-state index contributed by atoms with van der Waals surface area (Å²) in [6.07, 6.45) is 0. The Morgan fingerprint density at radius 3 is 2.65 bits per heavy atom. The summed E-state index contributed by atoms with van der Waals surface area (Å²) in [6.45, 7) is 6.92. The maximum atomic E-state index is 12.4. The quantitative estimate of drug-likeness (QED) is 0.690. The molecule has 0 saturated carbocycles. The summed E-state index contributed by atoms with van der Waals surface area (Å²) in [6, 6.07) is 4.14. The summed E-state index contributed by atoms with van der Waals surface area (Å²) in [4.78, 5) is 18.8. The number of anilines is 1. The number of benzene rings is 1. The van der Waals surface area contributed by atoms with Crippen molar-refractivity contribution in [2.24, 2.45) is 0 Å². The molecule has 2 aromatic heterocycles. The average Bonchev–Trinajstić information content (AvgIpc) is 3.21. The molecule has 0 radical (unpaired) electrons. The minimum absolute atomic E-state index is 0.0440. The van der Waals surface area contributed by atoms with Crippen molar-refractivity contribution in [3.05, 3.63) is 39.2 Å². The highest BCUT2D eigenvalue weighted by molar-refractivity contribution is 7.09. The molecule has 0 atom stereocenters. The third-order valence-corrected chi connectivity index (χ3v) is 4.72.